The van der Waals surface area contributed by atoms with E-state index in [0.29, 0.717) is 0 Å². The lowest BCUT2D eigenvalue weighted by atomic mass is 10.0. The molecule has 1 rings (SSSR count). The van der Waals surface area contributed by atoms with Crippen LogP contribution in [0.5, 0.6) is 0 Å². The minimum Gasteiger partial charge on any atom is -0.462 e. The maximum Gasteiger partial charge on any atom is 0.338 e. The minimum absolute atomic E-state index is 0.00483. The van der Waals surface area contributed by atoms with E-state index in [2.05, 4.69) is 0 Å². The van der Waals surface area contributed by atoms with E-state index in [9.17, 15) is 19.7 Å². The van der Waals surface area contributed by atoms with E-state index in [-0.39, 0.29) is 35.7 Å². The molecule has 0 atom stereocenters. The molecule has 0 heterocycles. The number of non-ortho nitro benzene ring substituents is 1. The first-order valence-corrected chi connectivity index (χ1v) is 6.09. The number of benzene rings is 1. The van der Waals surface area contributed by atoms with Gasteiger partial charge in [0.1, 0.15) is 0 Å². The SMILES string of the molecule is CCOC(=O)c1ccc([N+](=O)[O-])cc1C(=O)CCCl. The Morgan fingerprint density at radius 1 is 1.37 bits per heavy atom. The molecule has 102 valence electrons. The van der Waals surface area contributed by atoms with Crippen LogP contribution in [0.25, 0.3) is 0 Å². The summed E-state index contributed by atoms with van der Waals surface area (Å²) >= 11 is 5.47. The highest BCUT2D eigenvalue weighted by Gasteiger charge is 2.21. The maximum atomic E-state index is 11.8. The quantitative estimate of drug-likeness (QED) is 0.264. The van der Waals surface area contributed by atoms with Gasteiger partial charge >= 0.3 is 5.97 Å². The van der Waals surface area contributed by atoms with Gasteiger partial charge in [-0.3, -0.25) is 14.9 Å². The van der Waals surface area contributed by atoms with Crippen LogP contribution in [0.1, 0.15) is 34.1 Å². The van der Waals surface area contributed by atoms with E-state index in [1.807, 2.05) is 0 Å². The number of halogens is 1. The van der Waals surface area contributed by atoms with Crippen LogP contribution in [0.4, 0.5) is 5.69 Å². The monoisotopic (exact) mass is 285 g/mol. The van der Waals surface area contributed by atoms with Crippen LogP contribution in [-0.2, 0) is 4.74 Å². The fourth-order valence-corrected chi connectivity index (χ4v) is 1.66. The smallest absolute Gasteiger partial charge is 0.338 e. The van der Waals surface area contributed by atoms with Crippen molar-refractivity contribution in [3.63, 3.8) is 0 Å². The summed E-state index contributed by atoms with van der Waals surface area (Å²) in [4.78, 5) is 33.6. The Balaban J connectivity index is 3.26. The molecule has 0 amide bonds. The second kappa shape index (κ2) is 6.84. The van der Waals surface area contributed by atoms with Crippen LogP contribution in [0.15, 0.2) is 18.2 Å². The van der Waals surface area contributed by atoms with Crippen molar-refractivity contribution < 1.29 is 19.2 Å². The third-order valence-electron chi connectivity index (χ3n) is 2.33. The first-order valence-electron chi connectivity index (χ1n) is 5.56. The number of carbonyl (C=O) groups excluding carboxylic acids is 2. The lowest BCUT2D eigenvalue weighted by Gasteiger charge is -2.07. The van der Waals surface area contributed by atoms with Gasteiger partial charge in [-0.1, -0.05) is 0 Å². The van der Waals surface area contributed by atoms with Gasteiger partial charge in [0, 0.05) is 30.0 Å². The fourth-order valence-electron chi connectivity index (χ4n) is 1.48. The van der Waals surface area contributed by atoms with Crippen molar-refractivity contribution >= 4 is 29.0 Å². The average Bonchev–Trinajstić information content (AvgIpc) is 2.38. The van der Waals surface area contributed by atoms with Crippen LogP contribution < -0.4 is 0 Å². The van der Waals surface area contributed by atoms with Crippen LogP contribution in [0, 0.1) is 10.1 Å². The molecule has 1 aromatic carbocycles. The predicted molar refractivity (Wildman–Crippen MR) is 68.7 cm³/mol. The van der Waals surface area contributed by atoms with Gasteiger partial charge in [0.05, 0.1) is 17.1 Å². The largest absolute Gasteiger partial charge is 0.462 e. The van der Waals surface area contributed by atoms with Crippen molar-refractivity contribution in [2.45, 2.75) is 13.3 Å². The molecular weight excluding hydrogens is 274 g/mol. The van der Waals surface area contributed by atoms with Crippen molar-refractivity contribution in [1.29, 1.82) is 0 Å². The molecule has 0 radical (unpaired) electrons. The molecule has 0 saturated carbocycles. The molecular formula is C12H12ClNO5. The molecule has 0 N–H and O–H groups in total. The van der Waals surface area contributed by atoms with Gasteiger partial charge in [-0.2, -0.15) is 0 Å². The number of nitro groups is 1. The number of esters is 1. The molecule has 0 aliphatic rings. The zero-order valence-corrected chi connectivity index (χ0v) is 11.0. The van der Waals surface area contributed by atoms with Crippen molar-refractivity contribution in [2.75, 3.05) is 12.5 Å². The molecule has 6 nitrogen and oxygen atoms in total. The average molecular weight is 286 g/mol. The number of ketones is 1. The Bertz CT molecular complexity index is 515. The van der Waals surface area contributed by atoms with Gasteiger partial charge in [-0.25, -0.2) is 4.79 Å². The highest BCUT2D eigenvalue weighted by atomic mass is 35.5. The number of hydrogen-bond donors (Lipinski definition) is 0. The van der Waals surface area contributed by atoms with Crippen molar-refractivity contribution in [1.82, 2.24) is 0 Å². The first kappa shape index (κ1) is 15.1. The second-order valence-corrected chi connectivity index (χ2v) is 3.95. The zero-order valence-electron chi connectivity index (χ0n) is 10.2. The predicted octanol–water partition coefficient (Wildman–Crippen LogP) is 2.58. The van der Waals surface area contributed by atoms with Crippen LogP contribution in [-0.4, -0.2) is 29.2 Å². The summed E-state index contributed by atoms with van der Waals surface area (Å²) in [5.41, 5.74) is -0.276. The van der Waals surface area contributed by atoms with Gasteiger partial charge in [0.2, 0.25) is 0 Å². The van der Waals surface area contributed by atoms with E-state index in [0.717, 1.165) is 12.1 Å². The van der Waals surface area contributed by atoms with Crippen molar-refractivity contribution in [2.24, 2.45) is 0 Å². The van der Waals surface area contributed by atoms with Gasteiger partial charge < -0.3 is 4.74 Å². The van der Waals surface area contributed by atoms with Crippen LogP contribution in [0.2, 0.25) is 0 Å². The molecule has 0 aromatic heterocycles. The standard InChI is InChI=1S/C12H12ClNO5/c1-2-19-12(16)9-4-3-8(14(17)18)7-10(9)11(15)5-6-13/h3-4,7H,2,5-6H2,1H3. The van der Waals surface area contributed by atoms with Crippen LogP contribution in [0.3, 0.4) is 0 Å². The van der Waals surface area contributed by atoms with E-state index < -0.39 is 16.7 Å². The topological polar surface area (TPSA) is 86.5 Å². The number of Topliss-reactive ketones (excluding diaryl/α,β-unsaturated/α-hetero) is 1. The number of rotatable bonds is 6. The summed E-state index contributed by atoms with van der Waals surface area (Å²) in [6.07, 6.45) is -0.00483. The van der Waals surface area contributed by atoms with Gasteiger partial charge in [0.25, 0.3) is 5.69 Å². The lowest BCUT2D eigenvalue weighted by molar-refractivity contribution is -0.384. The van der Waals surface area contributed by atoms with Gasteiger partial charge in [-0.15, -0.1) is 11.6 Å². The zero-order chi connectivity index (χ0) is 14.4. The molecule has 19 heavy (non-hydrogen) atoms. The summed E-state index contributed by atoms with van der Waals surface area (Å²) in [5, 5.41) is 10.7. The number of ether oxygens (including phenoxy) is 1. The van der Waals surface area contributed by atoms with E-state index in [1.165, 1.54) is 6.07 Å². The summed E-state index contributed by atoms with van der Waals surface area (Å²) < 4.78 is 4.80. The Kier molecular flexibility index (Phi) is 5.44. The fraction of sp³-hybridized carbons (Fsp3) is 0.333. The number of hydrogen-bond acceptors (Lipinski definition) is 5. The third-order valence-corrected chi connectivity index (χ3v) is 2.52. The molecule has 0 saturated heterocycles. The summed E-state index contributed by atoms with van der Waals surface area (Å²) in [6.45, 7) is 1.78. The molecule has 0 aliphatic heterocycles. The molecule has 1 aromatic rings. The van der Waals surface area contributed by atoms with Crippen molar-refractivity contribution in [3.8, 4) is 0 Å². The van der Waals surface area contributed by atoms with E-state index in [4.69, 9.17) is 16.3 Å². The van der Waals surface area contributed by atoms with Crippen molar-refractivity contribution in [3.05, 3.63) is 39.4 Å². The maximum absolute atomic E-state index is 11.8. The molecule has 7 heteroatoms. The normalized spacial score (nSPS) is 10.0. The summed E-state index contributed by atoms with van der Waals surface area (Å²) in [6, 6.07) is 3.45. The van der Waals surface area contributed by atoms with Crippen LogP contribution >= 0.6 is 11.6 Å². The second-order valence-electron chi connectivity index (χ2n) is 3.57. The molecule has 0 spiro atoms. The van der Waals surface area contributed by atoms with E-state index in [1.54, 1.807) is 6.92 Å². The highest BCUT2D eigenvalue weighted by Crippen LogP contribution is 2.20. The Hall–Kier alpha value is -1.95. The molecule has 0 unspecified atom stereocenters. The Morgan fingerprint density at radius 2 is 2.05 bits per heavy atom. The summed E-state index contributed by atoms with van der Waals surface area (Å²) in [5.74, 6) is -1.04. The Morgan fingerprint density at radius 3 is 2.58 bits per heavy atom. The Labute approximate surface area is 114 Å². The molecule has 0 fully saturated rings. The number of nitro benzene ring substituents is 1. The highest BCUT2D eigenvalue weighted by molar-refractivity contribution is 6.20. The van der Waals surface area contributed by atoms with Gasteiger partial charge in [0.15, 0.2) is 5.78 Å². The van der Waals surface area contributed by atoms with Gasteiger partial charge in [-0.05, 0) is 13.0 Å². The number of alkyl halides is 1. The third kappa shape index (κ3) is 3.75. The molecule has 0 bridgehead atoms. The minimum atomic E-state index is -0.685. The molecule has 0 aliphatic carbocycles. The van der Waals surface area contributed by atoms with E-state index >= 15 is 0 Å². The number of nitrogens with zero attached hydrogens (tertiary/aromatic N) is 1. The first-order chi connectivity index (χ1) is 9.01. The number of carbonyl (C=O) groups is 2. The lowest BCUT2D eigenvalue weighted by Crippen LogP contribution is -2.12. The summed E-state index contributed by atoms with van der Waals surface area (Å²) in [7, 11) is 0.